The normalized spacial score (nSPS) is 22.8. The molecule has 2 heterocycles. The molecule has 1 aromatic heterocycles. The number of carbonyl (C=O) groups is 1. The smallest absolute Gasteiger partial charge is 0.323 e. The lowest BCUT2D eigenvalue weighted by atomic mass is 10.1. The first kappa shape index (κ1) is 13.5. The zero-order valence-electron chi connectivity index (χ0n) is 11.1. The second-order valence-corrected chi connectivity index (χ2v) is 5.04. The maximum absolute atomic E-state index is 12.4. The number of aromatic nitrogens is 1. The van der Waals surface area contributed by atoms with Crippen LogP contribution in [0, 0.1) is 16.0 Å². The van der Waals surface area contributed by atoms with Crippen LogP contribution in [0.15, 0.2) is 12.1 Å². The molecule has 0 aromatic carbocycles. The summed E-state index contributed by atoms with van der Waals surface area (Å²) < 4.78 is 1.32. The SMILES string of the molecule is CC1CC(CN)CN1C(=O)c1ccc([N+](=O)[O-])n1C. The van der Waals surface area contributed by atoms with Crippen LogP contribution >= 0.6 is 0 Å². The molecule has 0 bridgehead atoms. The molecule has 1 aliphatic heterocycles. The zero-order chi connectivity index (χ0) is 14.2. The Bertz CT molecular complexity index is 511. The Morgan fingerprint density at radius 1 is 1.58 bits per heavy atom. The molecule has 1 saturated heterocycles. The van der Waals surface area contributed by atoms with E-state index in [1.54, 1.807) is 4.90 Å². The topological polar surface area (TPSA) is 94.4 Å². The summed E-state index contributed by atoms with van der Waals surface area (Å²) in [4.78, 5) is 24.5. The summed E-state index contributed by atoms with van der Waals surface area (Å²) >= 11 is 0. The van der Waals surface area contributed by atoms with E-state index in [0.29, 0.717) is 24.7 Å². The molecular weight excluding hydrogens is 248 g/mol. The molecule has 2 atom stereocenters. The first-order chi connectivity index (χ1) is 8.95. The monoisotopic (exact) mass is 266 g/mol. The molecule has 0 saturated carbocycles. The number of nitrogens with zero attached hydrogens (tertiary/aromatic N) is 3. The Balaban J connectivity index is 2.23. The number of carbonyl (C=O) groups excluding carboxylic acids is 1. The summed E-state index contributed by atoms with van der Waals surface area (Å²) in [5, 5.41) is 10.8. The van der Waals surface area contributed by atoms with Gasteiger partial charge < -0.3 is 20.7 Å². The molecule has 2 rings (SSSR count). The van der Waals surface area contributed by atoms with Crippen molar-refractivity contribution in [1.82, 2.24) is 9.47 Å². The lowest BCUT2D eigenvalue weighted by Gasteiger charge is -2.20. The molecule has 104 valence electrons. The van der Waals surface area contributed by atoms with E-state index in [1.165, 1.54) is 23.7 Å². The van der Waals surface area contributed by atoms with Gasteiger partial charge in [-0.1, -0.05) is 0 Å². The van der Waals surface area contributed by atoms with Gasteiger partial charge in [0.05, 0.1) is 7.05 Å². The van der Waals surface area contributed by atoms with Gasteiger partial charge in [0.15, 0.2) is 5.69 Å². The van der Waals surface area contributed by atoms with E-state index >= 15 is 0 Å². The van der Waals surface area contributed by atoms with Crippen LogP contribution in [0.1, 0.15) is 23.8 Å². The van der Waals surface area contributed by atoms with E-state index in [9.17, 15) is 14.9 Å². The summed E-state index contributed by atoms with van der Waals surface area (Å²) in [5.41, 5.74) is 5.98. The molecular formula is C12H18N4O3. The van der Waals surface area contributed by atoms with E-state index < -0.39 is 4.92 Å². The quantitative estimate of drug-likeness (QED) is 0.645. The third kappa shape index (κ3) is 2.33. The van der Waals surface area contributed by atoms with Gasteiger partial charge in [0.1, 0.15) is 0 Å². The highest BCUT2D eigenvalue weighted by Crippen LogP contribution is 2.25. The average molecular weight is 266 g/mol. The van der Waals surface area contributed by atoms with Gasteiger partial charge in [-0.15, -0.1) is 0 Å². The van der Waals surface area contributed by atoms with E-state index in [1.807, 2.05) is 6.92 Å². The second kappa shape index (κ2) is 5.00. The number of hydrogen-bond donors (Lipinski definition) is 1. The second-order valence-electron chi connectivity index (χ2n) is 5.04. The third-order valence-corrected chi connectivity index (χ3v) is 3.76. The number of likely N-dealkylation sites (tertiary alicyclic amines) is 1. The summed E-state index contributed by atoms with van der Waals surface area (Å²) in [6.07, 6.45) is 0.884. The van der Waals surface area contributed by atoms with Crippen LogP contribution in [0.2, 0.25) is 0 Å². The highest BCUT2D eigenvalue weighted by Gasteiger charge is 2.35. The molecule has 1 amide bonds. The van der Waals surface area contributed by atoms with E-state index in [-0.39, 0.29) is 17.8 Å². The molecule has 1 fully saturated rings. The van der Waals surface area contributed by atoms with Crippen LogP contribution in [0.4, 0.5) is 5.82 Å². The fraction of sp³-hybridized carbons (Fsp3) is 0.583. The van der Waals surface area contributed by atoms with Crippen LogP contribution in [-0.4, -0.2) is 39.4 Å². The summed E-state index contributed by atoms with van der Waals surface area (Å²) in [5.74, 6) is 0.0684. The molecule has 0 spiro atoms. The predicted molar refractivity (Wildman–Crippen MR) is 69.7 cm³/mol. The van der Waals surface area contributed by atoms with Crippen molar-refractivity contribution in [3.05, 3.63) is 27.9 Å². The molecule has 1 aromatic rings. The minimum atomic E-state index is -0.493. The Hall–Kier alpha value is -1.89. The fourth-order valence-electron chi connectivity index (χ4n) is 2.64. The van der Waals surface area contributed by atoms with E-state index in [4.69, 9.17) is 5.73 Å². The van der Waals surface area contributed by atoms with Crippen LogP contribution in [0.3, 0.4) is 0 Å². The minimum Gasteiger partial charge on any atom is -0.358 e. The van der Waals surface area contributed by atoms with Gasteiger partial charge in [0, 0.05) is 18.7 Å². The van der Waals surface area contributed by atoms with Crippen LogP contribution in [0.25, 0.3) is 0 Å². The maximum Gasteiger partial charge on any atom is 0.323 e. The Kier molecular flexibility index (Phi) is 3.57. The van der Waals surface area contributed by atoms with Crippen molar-refractivity contribution in [1.29, 1.82) is 0 Å². The molecule has 1 aliphatic rings. The number of rotatable bonds is 3. The predicted octanol–water partition coefficient (Wildman–Crippen LogP) is 0.743. The minimum absolute atomic E-state index is 0.0782. The van der Waals surface area contributed by atoms with Gasteiger partial charge in [-0.2, -0.15) is 0 Å². The Labute approximate surface area is 111 Å². The van der Waals surface area contributed by atoms with Crippen molar-refractivity contribution in [2.24, 2.45) is 18.7 Å². The van der Waals surface area contributed by atoms with Crippen molar-refractivity contribution < 1.29 is 9.72 Å². The molecule has 0 radical (unpaired) electrons. The maximum atomic E-state index is 12.4. The third-order valence-electron chi connectivity index (χ3n) is 3.76. The molecule has 7 nitrogen and oxygen atoms in total. The van der Waals surface area contributed by atoms with Gasteiger partial charge in [-0.05, 0) is 36.8 Å². The van der Waals surface area contributed by atoms with Gasteiger partial charge in [-0.3, -0.25) is 4.79 Å². The Morgan fingerprint density at radius 2 is 2.26 bits per heavy atom. The van der Waals surface area contributed by atoms with Crippen LogP contribution in [-0.2, 0) is 7.05 Å². The van der Waals surface area contributed by atoms with Gasteiger partial charge >= 0.3 is 5.82 Å². The molecule has 19 heavy (non-hydrogen) atoms. The number of hydrogen-bond acceptors (Lipinski definition) is 4. The highest BCUT2D eigenvalue weighted by atomic mass is 16.6. The van der Waals surface area contributed by atoms with Crippen LogP contribution in [0.5, 0.6) is 0 Å². The number of nitro groups is 1. The molecule has 7 heteroatoms. The average Bonchev–Trinajstić information content (AvgIpc) is 2.91. The molecule has 0 aliphatic carbocycles. The largest absolute Gasteiger partial charge is 0.358 e. The summed E-state index contributed by atoms with van der Waals surface area (Å²) in [6.45, 7) is 3.15. The van der Waals surface area contributed by atoms with Gasteiger partial charge in [-0.25, -0.2) is 4.57 Å². The van der Waals surface area contributed by atoms with Crippen LogP contribution < -0.4 is 5.73 Å². The van der Waals surface area contributed by atoms with Gasteiger partial charge in [0.25, 0.3) is 5.91 Å². The highest BCUT2D eigenvalue weighted by molar-refractivity contribution is 5.93. The van der Waals surface area contributed by atoms with Crippen molar-refractivity contribution >= 4 is 11.7 Å². The lowest BCUT2D eigenvalue weighted by Crippen LogP contribution is -2.35. The summed E-state index contributed by atoms with van der Waals surface area (Å²) in [6, 6.07) is 2.98. The first-order valence-electron chi connectivity index (χ1n) is 6.26. The number of amides is 1. The Morgan fingerprint density at radius 3 is 2.74 bits per heavy atom. The lowest BCUT2D eigenvalue weighted by molar-refractivity contribution is -0.391. The number of nitrogens with two attached hydrogens (primary N) is 1. The van der Waals surface area contributed by atoms with E-state index in [0.717, 1.165) is 6.42 Å². The first-order valence-corrected chi connectivity index (χ1v) is 6.26. The van der Waals surface area contributed by atoms with Crippen molar-refractivity contribution in [2.45, 2.75) is 19.4 Å². The zero-order valence-corrected chi connectivity index (χ0v) is 11.1. The fourth-order valence-corrected chi connectivity index (χ4v) is 2.64. The molecule has 2 unspecified atom stereocenters. The van der Waals surface area contributed by atoms with Crippen molar-refractivity contribution in [3.8, 4) is 0 Å². The summed E-state index contributed by atoms with van der Waals surface area (Å²) in [7, 11) is 1.53. The molecule has 2 N–H and O–H groups in total. The van der Waals surface area contributed by atoms with Crippen molar-refractivity contribution in [3.63, 3.8) is 0 Å². The standard InChI is InChI=1S/C12H18N4O3/c1-8-5-9(6-13)7-15(8)12(17)10-3-4-11(14(10)2)16(18)19/h3-4,8-9H,5-7,13H2,1-2H3. The van der Waals surface area contributed by atoms with Crippen molar-refractivity contribution in [2.75, 3.05) is 13.1 Å². The van der Waals surface area contributed by atoms with E-state index in [2.05, 4.69) is 0 Å². The van der Waals surface area contributed by atoms with Gasteiger partial charge in [0.2, 0.25) is 0 Å².